The van der Waals surface area contributed by atoms with Crippen molar-refractivity contribution >= 4 is 34.5 Å². The van der Waals surface area contributed by atoms with E-state index < -0.39 is 0 Å². The van der Waals surface area contributed by atoms with E-state index in [2.05, 4.69) is 27.9 Å². The predicted molar refractivity (Wildman–Crippen MR) is 127 cm³/mol. The molecule has 0 fully saturated rings. The topological polar surface area (TPSA) is 76.0 Å². The summed E-state index contributed by atoms with van der Waals surface area (Å²) in [6.45, 7) is 0.947. The molecule has 0 aliphatic heterocycles. The Balaban J connectivity index is 1.22. The van der Waals surface area contributed by atoms with Crippen molar-refractivity contribution < 1.29 is 9.59 Å². The van der Waals surface area contributed by atoms with Gasteiger partial charge in [-0.3, -0.25) is 14.3 Å². The first-order valence-corrected chi connectivity index (χ1v) is 13.0. The highest BCUT2D eigenvalue weighted by Crippen LogP contribution is 2.30. The summed E-state index contributed by atoms with van der Waals surface area (Å²) in [7, 11) is 1.73. The molecule has 8 heteroatoms. The minimum Gasteiger partial charge on any atom is -0.347 e. The first-order chi connectivity index (χ1) is 15.6. The van der Waals surface area contributed by atoms with Crippen molar-refractivity contribution in [3.8, 4) is 0 Å². The zero-order chi connectivity index (χ0) is 22.1. The van der Waals surface area contributed by atoms with Gasteiger partial charge in [-0.15, -0.1) is 22.7 Å². The number of hydrogen-bond acceptors (Lipinski definition) is 5. The summed E-state index contributed by atoms with van der Waals surface area (Å²) in [6.07, 6.45) is 11.2. The number of rotatable bonds is 6. The highest BCUT2D eigenvalue weighted by molar-refractivity contribution is 7.12. The molecular formula is C24H28N4O2S2. The van der Waals surface area contributed by atoms with Crippen molar-refractivity contribution in [3.63, 3.8) is 0 Å². The second-order valence-electron chi connectivity index (χ2n) is 8.67. The third-order valence-electron chi connectivity index (χ3n) is 6.23. The highest BCUT2D eigenvalue weighted by atomic mass is 32.1. The van der Waals surface area contributed by atoms with E-state index in [4.69, 9.17) is 0 Å². The number of hydrogen-bond donors (Lipinski definition) is 2. The van der Waals surface area contributed by atoms with Gasteiger partial charge < -0.3 is 10.6 Å². The highest BCUT2D eigenvalue weighted by Gasteiger charge is 2.22. The lowest BCUT2D eigenvalue weighted by atomic mass is 9.99. The summed E-state index contributed by atoms with van der Waals surface area (Å²) in [6, 6.07) is 4.43. The lowest BCUT2D eigenvalue weighted by molar-refractivity contribution is 0.0914. The molecule has 2 amide bonds. The molecule has 0 bridgehead atoms. The maximum atomic E-state index is 12.9. The molecule has 3 heterocycles. The number of aromatic nitrogens is 2. The molecule has 0 saturated carbocycles. The van der Waals surface area contributed by atoms with Crippen LogP contribution < -0.4 is 10.6 Å². The predicted octanol–water partition coefficient (Wildman–Crippen LogP) is 4.16. The summed E-state index contributed by atoms with van der Waals surface area (Å²) in [5.41, 5.74) is 3.36. The monoisotopic (exact) mass is 468 g/mol. The van der Waals surface area contributed by atoms with Gasteiger partial charge in [-0.25, -0.2) is 0 Å². The van der Waals surface area contributed by atoms with Gasteiger partial charge >= 0.3 is 0 Å². The summed E-state index contributed by atoms with van der Waals surface area (Å²) in [5, 5.41) is 10.2. The fraction of sp³-hybridized carbons (Fsp3) is 0.458. The van der Waals surface area contributed by atoms with Crippen molar-refractivity contribution in [1.82, 2.24) is 20.4 Å². The maximum absolute atomic E-state index is 12.9. The number of nitrogens with one attached hydrogen (secondary N) is 2. The average molecular weight is 469 g/mol. The maximum Gasteiger partial charge on any atom is 0.272 e. The zero-order valence-corrected chi connectivity index (χ0v) is 20.0. The Labute approximate surface area is 196 Å². The fourth-order valence-electron chi connectivity index (χ4n) is 4.61. The molecule has 2 aliphatic rings. The summed E-state index contributed by atoms with van der Waals surface area (Å²) < 4.78 is 1.53. The minimum atomic E-state index is -0.311. The van der Waals surface area contributed by atoms with Crippen LogP contribution in [0.5, 0.6) is 0 Å². The van der Waals surface area contributed by atoms with Gasteiger partial charge in [0.05, 0.1) is 18.7 Å². The van der Waals surface area contributed by atoms with Gasteiger partial charge in [-0.2, -0.15) is 5.10 Å². The molecule has 6 nitrogen and oxygen atoms in total. The second-order valence-corrected chi connectivity index (χ2v) is 11.1. The number of carbonyl (C=O) groups excluding carboxylic acids is 2. The van der Waals surface area contributed by atoms with Crippen molar-refractivity contribution in [2.24, 2.45) is 7.05 Å². The lowest BCUT2D eigenvalue weighted by Crippen LogP contribution is -2.28. The van der Waals surface area contributed by atoms with E-state index in [1.54, 1.807) is 35.9 Å². The van der Waals surface area contributed by atoms with Crippen LogP contribution in [0.3, 0.4) is 0 Å². The van der Waals surface area contributed by atoms with Gasteiger partial charge in [0.25, 0.3) is 11.8 Å². The Bertz CT molecular complexity index is 1020. The van der Waals surface area contributed by atoms with Crippen LogP contribution in [0.4, 0.5) is 0 Å². The molecule has 0 saturated heterocycles. The van der Waals surface area contributed by atoms with Gasteiger partial charge in [0.1, 0.15) is 0 Å². The Morgan fingerprint density at radius 1 is 0.875 bits per heavy atom. The molecule has 2 N–H and O–H groups in total. The van der Waals surface area contributed by atoms with Crippen molar-refractivity contribution in [2.45, 2.75) is 64.5 Å². The summed E-state index contributed by atoms with van der Waals surface area (Å²) in [5.74, 6) is -0.574. The number of thiophene rings is 2. The third kappa shape index (κ3) is 4.52. The van der Waals surface area contributed by atoms with Crippen LogP contribution >= 0.6 is 22.7 Å². The molecule has 0 aromatic carbocycles. The molecule has 2 aliphatic carbocycles. The molecule has 0 radical (unpaired) electrons. The van der Waals surface area contributed by atoms with E-state index in [-0.39, 0.29) is 17.5 Å². The van der Waals surface area contributed by atoms with Crippen molar-refractivity contribution in [2.75, 3.05) is 0 Å². The van der Waals surface area contributed by atoms with E-state index in [0.29, 0.717) is 18.7 Å². The fourth-order valence-corrected chi connectivity index (χ4v) is 7.02. The van der Waals surface area contributed by atoms with E-state index in [0.717, 1.165) is 30.6 Å². The molecule has 0 unspecified atom stereocenters. The minimum absolute atomic E-state index is 0.178. The summed E-state index contributed by atoms with van der Waals surface area (Å²) >= 11 is 3.58. The SMILES string of the molecule is Cn1cc(C(=O)NCc2cc3c(s2)CCCC3)c(C(=O)NCc2cc3c(s2)CCCC3)n1. The first-order valence-electron chi connectivity index (χ1n) is 11.4. The van der Waals surface area contributed by atoms with Gasteiger partial charge in [-0.1, -0.05) is 0 Å². The Morgan fingerprint density at radius 3 is 1.97 bits per heavy atom. The zero-order valence-electron chi connectivity index (χ0n) is 18.3. The van der Waals surface area contributed by atoms with Crippen molar-refractivity contribution in [1.29, 1.82) is 0 Å². The number of nitrogens with zero attached hydrogens (tertiary/aromatic N) is 2. The Hall–Kier alpha value is -2.45. The molecule has 3 aromatic heterocycles. The van der Waals surface area contributed by atoms with Gasteiger partial charge in [0.2, 0.25) is 0 Å². The van der Waals surface area contributed by atoms with E-state index in [9.17, 15) is 9.59 Å². The Kier molecular flexibility index (Phi) is 6.15. The molecule has 0 atom stereocenters. The molecule has 5 rings (SSSR count). The molecule has 0 spiro atoms. The van der Waals surface area contributed by atoms with Gasteiger partial charge in [-0.05, 0) is 74.6 Å². The van der Waals surface area contributed by atoms with Crippen LogP contribution in [-0.4, -0.2) is 21.6 Å². The van der Waals surface area contributed by atoms with Crippen LogP contribution in [0.1, 0.15) is 77.2 Å². The average Bonchev–Trinajstić information content (AvgIpc) is 3.51. The smallest absolute Gasteiger partial charge is 0.272 e. The number of amides is 2. The van der Waals surface area contributed by atoms with Crippen molar-refractivity contribution in [3.05, 3.63) is 60.2 Å². The number of carbonyl (C=O) groups is 2. The van der Waals surface area contributed by atoms with Gasteiger partial charge in [0.15, 0.2) is 5.69 Å². The quantitative estimate of drug-likeness (QED) is 0.570. The lowest BCUT2D eigenvalue weighted by Gasteiger charge is -2.08. The van der Waals surface area contributed by atoms with E-state index in [1.165, 1.54) is 56.1 Å². The normalized spacial score (nSPS) is 15.2. The molecule has 32 heavy (non-hydrogen) atoms. The standard InChI is InChI=1S/C24H28N4O2S2/c1-28-14-19(23(29)25-12-17-10-15-6-2-4-8-20(15)31-17)22(27-28)24(30)26-13-18-11-16-7-3-5-9-21(16)32-18/h10-11,14H,2-9,12-13H2,1H3,(H,25,29)(H,26,30). The van der Waals surface area contributed by atoms with Crippen LogP contribution in [0.15, 0.2) is 18.3 Å². The van der Waals surface area contributed by atoms with Crippen LogP contribution in [-0.2, 0) is 45.8 Å². The third-order valence-corrected chi connectivity index (χ3v) is 8.70. The van der Waals surface area contributed by atoms with E-state index in [1.807, 2.05) is 0 Å². The Morgan fingerprint density at radius 2 is 1.41 bits per heavy atom. The van der Waals surface area contributed by atoms with E-state index >= 15 is 0 Å². The molecular weight excluding hydrogens is 440 g/mol. The largest absolute Gasteiger partial charge is 0.347 e. The van der Waals surface area contributed by atoms with Crippen LogP contribution in [0.2, 0.25) is 0 Å². The molecule has 3 aromatic rings. The first kappa shape index (κ1) is 21.4. The number of fused-ring (bicyclic) bond motifs is 2. The van der Waals surface area contributed by atoms with Crippen LogP contribution in [0.25, 0.3) is 0 Å². The van der Waals surface area contributed by atoms with Gasteiger partial charge in [0, 0.05) is 32.8 Å². The molecule has 168 valence electrons. The van der Waals surface area contributed by atoms with Crippen LogP contribution in [0, 0.1) is 0 Å². The number of aryl methyl sites for hydroxylation is 5. The second kappa shape index (κ2) is 9.19. The summed E-state index contributed by atoms with van der Waals surface area (Å²) in [4.78, 5) is 31.0.